The van der Waals surface area contributed by atoms with Gasteiger partial charge >= 0.3 is 11.9 Å². The Morgan fingerprint density at radius 3 is 1.96 bits per heavy atom. The summed E-state index contributed by atoms with van der Waals surface area (Å²) in [5.41, 5.74) is 5.49. The molecule has 0 bridgehead atoms. The molecule has 0 aromatic heterocycles. The van der Waals surface area contributed by atoms with E-state index in [1.165, 1.54) is 0 Å². The van der Waals surface area contributed by atoms with Crippen LogP contribution in [0.5, 0.6) is 0 Å². The predicted molar refractivity (Wildman–Crippen MR) is 85.3 cm³/mol. The molecule has 0 rings (SSSR count). The van der Waals surface area contributed by atoms with Crippen LogP contribution in [0.4, 0.5) is 0 Å². The van der Waals surface area contributed by atoms with Crippen LogP contribution in [0.25, 0.3) is 0 Å². The predicted octanol–water partition coefficient (Wildman–Crippen LogP) is -2.36. The Labute approximate surface area is 144 Å². The topological polar surface area (TPSA) is 188 Å². The molecule has 0 heterocycles. The van der Waals surface area contributed by atoms with Gasteiger partial charge in [0.2, 0.25) is 17.7 Å². The van der Waals surface area contributed by atoms with Crippen LogP contribution in [0.2, 0.25) is 0 Å². The van der Waals surface area contributed by atoms with Gasteiger partial charge < -0.3 is 31.9 Å². The second-order valence-electron chi connectivity index (χ2n) is 5.66. The first-order valence-electron chi connectivity index (χ1n) is 7.58. The Hall–Kier alpha value is -2.69. The molecule has 0 aromatic rings. The SMILES string of the molecule is CC(C)C(NC(=O)CNC(=O)C(N)CCC(=O)O)C(=O)NCC(=O)O. The van der Waals surface area contributed by atoms with E-state index in [2.05, 4.69) is 16.0 Å². The van der Waals surface area contributed by atoms with Crippen LogP contribution in [0.1, 0.15) is 26.7 Å². The molecule has 0 fully saturated rings. The first-order valence-corrected chi connectivity index (χ1v) is 7.58. The third-order valence-electron chi connectivity index (χ3n) is 3.11. The van der Waals surface area contributed by atoms with Gasteiger partial charge in [-0.25, -0.2) is 0 Å². The molecule has 0 saturated carbocycles. The standard InChI is InChI=1S/C14H24N4O7/c1-7(2)12(14(25)17-6-11(22)23)18-9(19)5-16-13(24)8(15)3-4-10(20)21/h7-8,12H,3-6,15H2,1-2H3,(H,16,24)(H,17,25)(H,18,19)(H,20,21)(H,22,23). The van der Waals surface area contributed by atoms with E-state index in [0.717, 1.165) is 0 Å². The van der Waals surface area contributed by atoms with E-state index in [4.69, 9.17) is 15.9 Å². The van der Waals surface area contributed by atoms with Crippen molar-refractivity contribution < 1.29 is 34.2 Å². The maximum atomic E-state index is 11.9. The summed E-state index contributed by atoms with van der Waals surface area (Å²) in [6, 6.07) is -2.03. The highest BCUT2D eigenvalue weighted by Gasteiger charge is 2.25. The van der Waals surface area contributed by atoms with E-state index in [1.54, 1.807) is 13.8 Å². The minimum atomic E-state index is -1.22. The van der Waals surface area contributed by atoms with Gasteiger partial charge in [0.1, 0.15) is 12.6 Å². The van der Waals surface area contributed by atoms with E-state index >= 15 is 0 Å². The average molecular weight is 360 g/mol. The number of rotatable bonds is 11. The summed E-state index contributed by atoms with van der Waals surface area (Å²) in [4.78, 5) is 56.2. The molecule has 0 aliphatic carbocycles. The van der Waals surface area contributed by atoms with Gasteiger partial charge in [0, 0.05) is 6.42 Å². The lowest BCUT2D eigenvalue weighted by atomic mass is 10.0. The van der Waals surface area contributed by atoms with Crippen LogP contribution in [-0.2, 0) is 24.0 Å². The number of hydrogen-bond donors (Lipinski definition) is 6. The molecular formula is C14H24N4O7. The van der Waals surface area contributed by atoms with E-state index in [9.17, 15) is 24.0 Å². The molecule has 25 heavy (non-hydrogen) atoms. The molecule has 0 saturated heterocycles. The van der Waals surface area contributed by atoms with Gasteiger partial charge in [-0.2, -0.15) is 0 Å². The van der Waals surface area contributed by atoms with Crippen LogP contribution in [0.15, 0.2) is 0 Å². The van der Waals surface area contributed by atoms with Gasteiger partial charge in [-0.1, -0.05) is 13.8 Å². The largest absolute Gasteiger partial charge is 0.481 e. The zero-order chi connectivity index (χ0) is 19.6. The van der Waals surface area contributed by atoms with Crippen molar-refractivity contribution in [2.45, 2.75) is 38.8 Å². The van der Waals surface area contributed by atoms with Gasteiger partial charge in [0.05, 0.1) is 12.6 Å². The number of amides is 3. The summed E-state index contributed by atoms with van der Waals surface area (Å²) in [7, 11) is 0. The number of carbonyl (C=O) groups excluding carboxylic acids is 3. The maximum absolute atomic E-state index is 11.9. The lowest BCUT2D eigenvalue weighted by Crippen LogP contribution is -2.53. The molecule has 11 nitrogen and oxygen atoms in total. The first kappa shape index (κ1) is 22.3. The highest BCUT2D eigenvalue weighted by atomic mass is 16.4. The molecule has 2 unspecified atom stereocenters. The Kier molecular flexibility index (Phi) is 9.79. The molecular weight excluding hydrogens is 336 g/mol. The fourth-order valence-electron chi connectivity index (χ4n) is 1.74. The summed E-state index contributed by atoms with van der Waals surface area (Å²) >= 11 is 0. The van der Waals surface area contributed by atoms with Crippen LogP contribution in [-0.4, -0.2) is 65.0 Å². The van der Waals surface area contributed by atoms with Gasteiger partial charge in [-0.3, -0.25) is 24.0 Å². The number of aliphatic carboxylic acids is 2. The molecule has 0 aliphatic rings. The molecule has 0 aliphatic heterocycles. The van der Waals surface area contributed by atoms with Crippen LogP contribution in [0.3, 0.4) is 0 Å². The summed E-state index contributed by atoms with van der Waals surface area (Å²) in [6.07, 6.45) is -0.352. The Balaban J connectivity index is 4.43. The van der Waals surface area contributed by atoms with Crippen molar-refractivity contribution in [1.29, 1.82) is 0 Å². The highest BCUT2D eigenvalue weighted by molar-refractivity contribution is 5.92. The lowest BCUT2D eigenvalue weighted by Gasteiger charge is -2.21. The molecule has 142 valence electrons. The van der Waals surface area contributed by atoms with E-state index in [-0.39, 0.29) is 18.8 Å². The van der Waals surface area contributed by atoms with Crippen molar-refractivity contribution >= 4 is 29.7 Å². The smallest absolute Gasteiger partial charge is 0.322 e. The van der Waals surface area contributed by atoms with Gasteiger partial charge in [0.25, 0.3) is 0 Å². The second-order valence-corrected chi connectivity index (χ2v) is 5.66. The fraction of sp³-hybridized carbons (Fsp3) is 0.643. The van der Waals surface area contributed by atoms with Crippen molar-refractivity contribution in [3.8, 4) is 0 Å². The number of nitrogens with one attached hydrogen (secondary N) is 3. The Morgan fingerprint density at radius 2 is 1.48 bits per heavy atom. The normalized spacial score (nSPS) is 12.8. The lowest BCUT2D eigenvalue weighted by molar-refractivity contribution is -0.139. The second kappa shape index (κ2) is 11.0. The van der Waals surface area contributed by atoms with Crippen LogP contribution in [0, 0.1) is 5.92 Å². The fourth-order valence-corrected chi connectivity index (χ4v) is 1.74. The third kappa shape index (κ3) is 9.91. The highest BCUT2D eigenvalue weighted by Crippen LogP contribution is 2.01. The van der Waals surface area contributed by atoms with Crippen molar-refractivity contribution in [3.63, 3.8) is 0 Å². The summed E-state index contributed by atoms with van der Waals surface area (Å²) in [5.74, 6) is -4.63. The monoisotopic (exact) mass is 360 g/mol. The maximum Gasteiger partial charge on any atom is 0.322 e. The van der Waals surface area contributed by atoms with E-state index in [0.29, 0.717) is 0 Å². The summed E-state index contributed by atoms with van der Waals surface area (Å²) in [6.45, 7) is 2.29. The average Bonchev–Trinajstić information content (AvgIpc) is 2.52. The molecule has 0 radical (unpaired) electrons. The van der Waals surface area contributed by atoms with E-state index < -0.39 is 54.8 Å². The van der Waals surface area contributed by atoms with Crippen molar-refractivity contribution in [3.05, 3.63) is 0 Å². The van der Waals surface area contributed by atoms with Crippen LogP contribution < -0.4 is 21.7 Å². The van der Waals surface area contributed by atoms with Gasteiger partial charge in [0.15, 0.2) is 0 Å². The zero-order valence-corrected chi connectivity index (χ0v) is 14.1. The minimum Gasteiger partial charge on any atom is -0.481 e. The summed E-state index contributed by atoms with van der Waals surface area (Å²) < 4.78 is 0. The van der Waals surface area contributed by atoms with E-state index in [1.807, 2.05) is 0 Å². The van der Waals surface area contributed by atoms with Crippen molar-refractivity contribution in [2.75, 3.05) is 13.1 Å². The number of hydrogen-bond acceptors (Lipinski definition) is 6. The van der Waals surface area contributed by atoms with Crippen molar-refractivity contribution in [2.24, 2.45) is 11.7 Å². The molecule has 7 N–H and O–H groups in total. The van der Waals surface area contributed by atoms with Gasteiger partial charge in [-0.05, 0) is 12.3 Å². The molecule has 0 aromatic carbocycles. The Bertz CT molecular complexity index is 521. The molecule has 3 amide bonds. The van der Waals surface area contributed by atoms with Crippen LogP contribution >= 0.6 is 0 Å². The molecule has 0 spiro atoms. The Morgan fingerprint density at radius 1 is 0.920 bits per heavy atom. The minimum absolute atomic E-state index is 0.0744. The third-order valence-corrected chi connectivity index (χ3v) is 3.11. The van der Waals surface area contributed by atoms with Crippen molar-refractivity contribution in [1.82, 2.24) is 16.0 Å². The molecule has 2 atom stereocenters. The molecule has 11 heteroatoms. The number of carboxylic acids is 2. The number of nitrogens with two attached hydrogens (primary N) is 1. The quantitative estimate of drug-likeness (QED) is 0.236. The first-order chi connectivity index (χ1) is 11.5. The van der Waals surface area contributed by atoms with Gasteiger partial charge in [-0.15, -0.1) is 0 Å². The summed E-state index contributed by atoms with van der Waals surface area (Å²) in [5, 5.41) is 23.9. The zero-order valence-electron chi connectivity index (χ0n) is 14.1. The number of carbonyl (C=O) groups is 5. The number of carboxylic acid groups (broad SMARTS) is 2.